The monoisotopic (exact) mass is 437 g/mol. The number of hydrogen-bond acceptors (Lipinski definition) is 6. The molecule has 0 radical (unpaired) electrons. The van der Waals surface area contributed by atoms with Gasteiger partial charge < -0.3 is 10.2 Å². The van der Waals surface area contributed by atoms with Crippen molar-refractivity contribution in [3.8, 4) is 0 Å². The highest BCUT2D eigenvalue weighted by atomic mass is 32.1. The number of nitrogens with one attached hydrogen (secondary N) is 3. The smallest absolute Gasteiger partial charge is 0.314 e. The maximum atomic E-state index is 12.5. The molecule has 0 fully saturated rings. The second kappa shape index (κ2) is 8.92. The molecule has 2 aromatic heterocycles. The number of urea groups is 1. The Hall–Kier alpha value is -3.79. The minimum Gasteiger partial charge on any atom is -0.314 e. The first kappa shape index (κ1) is 20.5. The van der Waals surface area contributed by atoms with Crippen LogP contribution in [0.4, 0.5) is 10.6 Å². The van der Waals surface area contributed by atoms with Crippen molar-refractivity contribution in [3.05, 3.63) is 69.5 Å². The largest absolute Gasteiger partial charge is 0.324 e. The van der Waals surface area contributed by atoms with E-state index in [1.54, 1.807) is 42.5 Å². The van der Waals surface area contributed by atoms with Crippen molar-refractivity contribution < 1.29 is 19.2 Å². The summed E-state index contributed by atoms with van der Waals surface area (Å²) in [7, 11) is 0. The van der Waals surface area contributed by atoms with Gasteiger partial charge in [-0.1, -0.05) is 24.3 Å². The van der Waals surface area contributed by atoms with Gasteiger partial charge in [0.05, 0.1) is 23.7 Å². The molecule has 3 heterocycles. The van der Waals surface area contributed by atoms with E-state index in [1.165, 1.54) is 16.2 Å². The Morgan fingerprint density at radius 1 is 1.03 bits per heavy atom. The number of carbonyl (C=O) groups is 4. The molecule has 0 unspecified atom stereocenters. The van der Waals surface area contributed by atoms with E-state index in [-0.39, 0.29) is 37.6 Å². The maximum Gasteiger partial charge on any atom is 0.324 e. The van der Waals surface area contributed by atoms with Crippen molar-refractivity contribution in [2.24, 2.45) is 0 Å². The fraction of sp³-hybridized carbons (Fsp3) is 0.190. The number of H-pyrrole nitrogens is 1. The third-order valence-electron chi connectivity index (χ3n) is 4.83. The molecule has 0 saturated heterocycles. The number of imide groups is 1. The van der Waals surface area contributed by atoms with Gasteiger partial charge in [-0.05, 0) is 23.6 Å². The van der Waals surface area contributed by atoms with Gasteiger partial charge in [0, 0.05) is 24.0 Å². The van der Waals surface area contributed by atoms with Crippen molar-refractivity contribution in [2.45, 2.75) is 25.9 Å². The Bertz CT molecular complexity index is 1120. The molecule has 0 saturated carbocycles. The minimum atomic E-state index is -0.530. The van der Waals surface area contributed by atoms with Crippen LogP contribution in [0.1, 0.15) is 44.1 Å². The number of nitrogens with zero attached hydrogens (tertiary/aromatic N) is 2. The highest BCUT2D eigenvalue weighted by Gasteiger charge is 2.29. The molecule has 0 spiro atoms. The maximum absolute atomic E-state index is 12.5. The Balaban J connectivity index is 1.31. The van der Waals surface area contributed by atoms with Crippen LogP contribution in [-0.2, 0) is 17.9 Å². The summed E-state index contributed by atoms with van der Waals surface area (Å²) in [6.45, 7) is 0.437. The van der Waals surface area contributed by atoms with Crippen LogP contribution in [0.3, 0.4) is 0 Å². The molecule has 0 atom stereocenters. The Labute approximate surface area is 181 Å². The molecule has 1 aliphatic heterocycles. The lowest BCUT2D eigenvalue weighted by Crippen LogP contribution is -2.40. The number of fused-ring (bicyclic) bond motifs is 1. The van der Waals surface area contributed by atoms with E-state index < -0.39 is 11.9 Å². The predicted octanol–water partition coefficient (Wildman–Crippen LogP) is 2.94. The van der Waals surface area contributed by atoms with Gasteiger partial charge in [-0.2, -0.15) is 5.10 Å². The quantitative estimate of drug-likeness (QED) is 0.512. The van der Waals surface area contributed by atoms with Crippen molar-refractivity contribution in [1.82, 2.24) is 20.4 Å². The molecular weight excluding hydrogens is 418 g/mol. The first-order chi connectivity index (χ1) is 15.0. The molecule has 10 heteroatoms. The predicted molar refractivity (Wildman–Crippen MR) is 114 cm³/mol. The summed E-state index contributed by atoms with van der Waals surface area (Å²) in [5, 5.41) is 13.8. The number of benzene rings is 1. The van der Waals surface area contributed by atoms with Crippen LogP contribution in [0.25, 0.3) is 0 Å². The van der Waals surface area contributed by atoms with Gasteiger partial charge in [-0.15, -0.1) is 11.3 Å². The number of hydrogen-bond donors (Lipinski definition) is 3. The molecule has 4 rings (SSSR count). The Morgan fingerprint density at radius 3 is 2.58 bits per heavy atom. The number of rotatable bonds is 6. The van der Waals surface area contributed by atoms with Gasteiger partial charge in [0.25, 0.3) is 5.91 Å². The lowest BCUT2D eigenvalue weighted by molar-refractivity contribution is -0.116. The van der Waals surface area contributed by atoms with Crippen molar-refractivity contribution >= 4 is 40.8 Å². The van der Waals surface area contributed by atoms with E-state index in [9.17, 15) is 19.2 Å². The zero-order chi connectivity index (χ0) is 21.8. The van der Waals surface area contributed by atoms with Crippen LogP contribution in [0.2, 0.25) is 0 Å². The lowest BCUT2D eigenvalue weighted by atomic mass is 10.2. The summed E-state index contributed by atoms with van der Waals surface area (Å²) in [4.78, 5) is 51.0. The summed E-state index contributed by atoms with van der Waals surface area (Å²) in [6, 6.07) is 11.5. The minimum absolute atomic E-state index is 0.0359. The molecule has 0 aliphatic carbocycles. The number of carbonyl (C=O) groups excluding carboxylic acids is 4. The van der Waals surface area contributed by atoms with Gasteiger partial charge in [0.15, 0.2) is 11.6 Å². The van der Waals surface area contributed by atoms with Crippen LogP contribution < -0.4 is 10.6 Å². The second-order valence-corrected chi connectivity index (χ2v) is 7.91. The first-order valence-electron chi connectivity index (χ1n) is 9.59. The molecule has 4 amide bonds. The standard InChI is InChI=1S/C21H19N5O4S/c27-16(17-7-4-10-31-17)8-9-18(28)22-19-14-11-26(12-15(14)24-25-19)21(30)23-20(29)13-5-2-1-3-6-13/h1-7,10H,8-9,11-12H2,(H,23,29,30)(H2,22,24,25,28). The summed E-state index contributed by atoms with van der Waals surface area (Å²) >= 11 is 1.34. The van der Waals surface area contributed by atoms with E-state index in [0.29, 0.717) is 27.5 Å². The van der Waals surface area contributed by atoms with Crippen LogP contribution in [0.5, 0.6) is 0 Å². The van der Waals surface area contributed by atoms with Crippen LogP contribution in [-0.4, -0.2) is 38.7 Å². The Morgan fingerprint density at radius 2 is 1.84 bits per heavy atom. The number of ketones is 1. The third-order valence-corrected chi connectivity index (χ3v) is 5.74. The van der Waals surface area contributed by atoms with E-state index in [4.69, 9.17) is 0 Å². The summed E-state index contributed by atoms with van der Waals surface area (Å²) < 4.78 is 0. The summed E-state index contributed by atoms with van der Waals surface area (Å²) in [5.41, 5.74) is 1.76. The zero-order valence-corrected chi connectivity index (χ0v) is 17.2. The summed E-state index contributed by atoms with van der Waals surface area (Å²) in [5.74, 6) is -0.568. The van der Waals surface area contributed by atoms with Gasteiger partial charge >= 0.3 is 6.03 Å². The van der Waals surface area contributed by atoms with Crippen molar-refractivity contribution in [3.63, 3.8) is 0 Å². The molecule has 9 nitrogen and oxygen atoms in total. The summed E-state index contributed by atoms with van der Waals surface area (Å²) in [6.07, 6.45) is 0.142. The number of thiophene rings is 1. The fourth-order valence-corrected chi connectivity index (χ4v) is 3.90. The first-order valence-corrected chi connectivity index (χ1v) is 10.5. The van der Waals surface area contributed by atoms with Crippen LogP contribution in [0, 0.1) is 0 Å². The second-order valence-electron chi connectivity index (χ2n) is 6.96. The number of aromatic nitrogens is 2. The third kappa shape index (κ3) is 4.69. The van der Waals surface area contributed by atoms with Gasteiger partial charge in [0.2, 0.25) is 5.91 Å². The topological polar surface area (TPSA) is 124 Å². The highest BCUT2D eigenvalue weighted by Crippen LogP contribution is 2.27. The SMILES string of the molecule is O=C(CCC(=O)c1cccs1)Nc1n[nH]c2c1CN(C(=O)NC(=O)c1ccccc1)C2. The van der Waals surface area contributed by atoms with Gasteiger partial charge in [0.1, 0.15) is 0 Å². The van der Waals surface area contributed by atoms with Crippen molar-refractivity contribution in [1.29, 1.82) is 0 Å². The molecule has 1 aliphatic rings. The van der Waals surface area contributed by atoms with E-state index in [0.717, 1.165) is 0 Å². The van der Waals surface area contributed by atoms with E-state index >= 15 is 0 Å². The molecule has 31 heavy (non-hydrogen) atoms. The van der Waals surface area contributed by atoms with Crippen LogP contribution >= 0.6 is 11.3 Å². The average molecular weight is 437 g/mol. The van der Waals surface area contributed by atoms with Crippen molar-refractivity contribution in [2.75, 3.05) is 5.32 Å². The number of amides is 4. The molecule has 158 valence electrons. The highest BCUT2D eigenvalue weighted by molar-refractivity contribution is 7.12. The normalized spacial score (nSPS) is 12.3. The number of aromatic amines is 1. The molecular formula is C21H19N5O4S. The average Bonchev–Trinajstić information content (AvgIpc) is 3.51. The molecule has 1 aromatic carbocycles. The zero-order valence-electron chi connectivity index (χ0n) is 16.4. The molecule has 3 N–H and O–H groups in total. The lowest BCUT2D eigenvalue weighted by Gasteiger charge is -2.16. The van der Waals surface area contributed by atoms with E-state index in [1.807, 2.05) is 5.38 Å². The molecule has 0 bridgehead atoms. The number of Topliss-reactive ketones (excluding diaryl/α,β-unsaturated/α-hetero) is 1. The molecule has 3 aromatic rings. The fourth-order valence-electron chi connectivity index (χ4n) is 3.21. The van der Waals surface area contributed by atoms with E-state index in [2.05, 4.69) is 20.8 Å². The van der Waals surface area contributed by atoms with Gasteiger partial charge in [-0.3, -0.25) is 24.8 Å². The number of anilines is 1. The van der Waals surface area contributed by atoms with Gasteiger partial charge in [-0.25, -0.2) is 4.79 Å². The Kier molecular flexibility index (Phi) is 5.89. The van der Waals surface area contributed by atoms with Crippen LogP contribution in [0.15, 0.2) is 47.8 Å².